The predicted octanol–water partition coefficient (Wildman–Crippen LogP) is 1.76. The molecule has 0 N–H and O–H groups in total. The summed E-state index contributed by atoms with van der Waals surface area (Å²) < 4.78 is 25.9. The Balaban J connectivity index is 1.99. The Kier molecular flexibility index (Phi) is 4.86. The Morgan fingerprint density at radius 3 is 2.42 bits per heavy atom. The number of sulfonamides is 1. The SMILES string of the molecule is CC1CN(S(C)(=O)=O)CCN1Cc1ccc(I)cc1. The molecule has 0 aromatic heterocycles. The molecule has 1 saturated heterocycles. The van der Waals surface area contributed by atoms with E-state index in [0.29, 0.717) is 13.1 Å². The van der Waals surface area contributed by atoms with Crippen LogP contribution in [-0.4, -0.2) is 49.6 Å². The van der Waals surface area contributed by atoms with Gasteiger partial charge in [-0.1, -0.05) is 12.1 Å². The van der Waals surface area contributed by atoms with Gasteiger partial charge in [-0.3, -0.25) is 4.90 Å². The largest absolute Gasteiger partial charge is 0.294 e. The molecule has 1 aromatic rings. The number of nitrogens with zero attached hydrogens (tertiary/aromatic N) is 2. The van der Waals surface area contributed by atoms with Gasteiger partial charge in [-0.15, -0.1) is 0 Å². The van der Waals surface area contributed by atoms with Gasteiger partial charge in [0.2, 0.25) is 10.0 Å². The molecular formula is C13H19IN2O2S. The van der Waals surface area contributed by atoms with E-state index in [9.17, 15) is 8.42 Å². The summed E-state index contributed by atoms with van der Waals surface area (Å²) in [5, 5.41) is 0. The lowest BCUT2D eigenvalue weighted by molar-refractivity contribution is 0.122. The van der Waals surface area contributed by atoms with Gasteiger partial charge in [-0.2, -0.15) is 4.31 Å². The lowest BCUT2D eigenvalue weighted by atomic mass is 10.1. The van der Waals surface area contributed by atoms with Gasteiger partial charge >= 0.3 is 0 Å². The van der Waals surface area contributed by atoms with Crippen LogP contribution in [0.2, 0.25) is 0 Å². The fourth-order valence-corrected chi connectivity index (χ4v) is 3.58. The van der Waals surface area contributed by atoms with Crippen LogP contribution in [0.3, 0.4) is 0 Å². The molecule has 1 aromatic carbocycles. The highest BCUT2D eigenvalue weighted by Gasteiger charge is 2.28. The molecule has 19 heavy (non-hydrogen) atoms. The average Bonchev–Trinajstić information content (AvgIpc) is 2.33. The maximum atomic E-state index is 11.5. The van der Waals surface area contributed by atoms with Crippen molar-refractivity contribution in [2.75, 3.05) is 25.9 Å². The van der Waals surface area contributed by atoms with E-state index in [0.717, 1.165) is 13.1 Å². The van der Waals surface area contributed by atoms with E-state index in [4.69, 9.17) is 0 Å². The molecule has 1 atom stereocenters. The zero-order valence-electron chi connectivity index (χ0n) is 11.2. The van der Waals surface area contributed by atoms with Gasteiger partial charge in [0.15, 0.2) is 0 Å². The average molecular weight is 394 g/mol. The smallest absolute Gasteiger partial charge is 0.211 e. The fourth-order valence-electron chi connectivity index (χ4n) is 2.32. The van der Waals surface area contributed by atoms with Crippen LogP contribution in [-0.2, 0) is 16.6 Å². The number of benzene rings is 1. The molecule has 0 spiro atoms. The van der Waals surface area contributed by atoms with E-state index in [2.05, 4.69) is 58.7 Å². The third kappa shape index (κ3) is 4.14. The van der Waals surface area contributed by atoms with Crippen molar-refractivity contribution in [3.05, 3.63) is 33.4 Å². The fraction of sp³-hybridized carbons (Fsp3) is 0.538. The summed E-state index contributed by atoms with van der Waals surface area (Å²) in [7, 11) is -3.06. The molecule has 1 unspecified atom stereocenters. The predicted molar refractivity (Wildman–Crippen MR) is 85.4 cm³/mol. The van der Waals surface area contributed by atoms with Crippen LogP contribution in [0, 0.1) is 3.57 Å². The van der Waals surface area contributed by atoms with Crippen molar-refractivity contribution >= 4 is 32.6 Å². The lowest BCUT2D eigenvalue weighted by Crippen LogP contribution is -2.52. The summed E-state index contributed by atoms with van der Waals surface area (Å²) in [5.74, 6) is 0. The molecule has 0 amide bonds. The van der Waals surface area contributed by atoms with Gasteiger partial charge < -0.3 is 0 Å². The van der Waals surface area contributed by atoms with Crippen molar-refractivity contribution in [3.63, 3.8) is 0 Å². The Hall–Kier alpha value is -0.180. The molecule has 4 nitrogen and oxygen atoms in total. The summed E-state index contributed by atoms with van der Waals surface area (Å²) in [6.07, 6.45) is 1.29. The molecule has 0 bridgehead atoms. The van der Waals surface area contributed by atoms with Gasteiger partial charge in [-0.25, -0.2) is 8.42 Å². The van der Waals surface area contributed by atoms with E-state index in [1.165, 1.54) is 15.4 Å². The van der Waals surface area contributed by atoms with Gasteiger partial charge in [0.05, 0.1) is 6.26 Å². The van der Waals surface area contributed by atoms with Crippen LogP contribution in [0.5, 0.6) is 0 Å². The molecule has 6 heteroatoms. The topological polar surface area (TPSA) is 40.6 Å². The Labute approximate surface area is 129 Å². The zero-order valence-corrected chi connectivity index (χ0v) is 14.2. The van der Waals surface area contributed by atoms with E-state index in [-0.39, 0.29) is 6.04 Å². The highest BCUT2D eigenvalue weighted by molar-refractivity contribution is 14.1. The Morgan fingerprint density at radius 1 is 1.26 bits per heavy atom. The third-order valence-corrected chi connectivity index (χ3v) is 5.48. The molecule has 1 heterocycles. The third-order valence-electron chi connectivity index (χ3n) is 3.50. The second kappa shape index (κ2) is 6.07. The van der Waals surface area contributed by atoms with Crippen molar-refractivity contribution < 1.29 is 8.42 Å². The maximum absolute atomic E-state index is 11.5. The van der Waals surface area contributed by atoms with Gasteiger partial charge in [0.25, 0.3) is 0 Å². The highest BCUT2D eigenvalue weighted by atomic mass is 127. The number of piperazine rings is 1. The van der Waals surface area contributed by atoms with E-state index in [1.54, 1.807) is 4.31 Å². The first-order valence-corrected chi connectivity index (χ1v) is 9.22. The second-order valence-electron chi connectivity index (χ2n) is 5.07. The summed E-state index contributed by atoms with van der Waals surface area (Å²) in [6, 6.07) is 8.73. The van der Waals surface area contributed by atoms with Gasteiger partial charge in [0.1, 0.15) is 0 Å². The standard InChI is InChI=1S/C13H19IN2O2S/c1-11-9-16(19(2,17)18)8-7-15(11)10-12-3-5-13(14)6-4-12/h3-6,11H,7-10H2,1-2H3. The first kappa shape index (κ1) is 15.2. The number of halogens is 1. The first-order valence-electron chi connectivity index (χ1n) is 6.30. The van der Waals surface area contributed by atoms with Gasteiger partial charge in [0, 0.05) is 35.8 Å². The molecule has 0 radical (unpaired) electrons. The minimum Gasteiger partial charge on any atom is -0.294 e. The summed E-state index contributed by atoms with van der Waals surface area (Å²) in [4.78, 5) is 2.34. The van der Waals surface area contributed by atoms with E-state index in [1.807, 2.05) is 0 Å². The molecule has 106 valence electrons. The van der Waals surface area contributed by atoms with Crippen molar-refractivity contribution in [1.82, 2.24) is 9.21 Å². The maximum Gasteiger partial charge on any atom is 0.211 e. The Morgan fingerprint density at radius 2 is 1.89 bits per heavy atom. The summed E-state index contributed by atoms with van der Waals surface area (Å²) >= 11 is 2.30. The van der Waals surface area contributed by atoms with Gasteiger partial charge in [-0.05, 0) is 47.2 Å². The summed E-state index contributed by atoms with van der Waals surface area (Å²) in [6.45, 7) is 4.94. The van der Waals surface area contributed by atoms with Crippen molar-refractivity contribution in [2.45, 2.75) is 19.5 Å². The Bertz CT molecular complexity index is 530. The van der Waals surface area contributed by atoms with Crippen LogP contribution < -0.4 is 0 Å². The highest BCUT2D eigenvalue weighted by Crippen LogP contribution is 2.16. The first-order chi connectivity index (χ1) is 8.86. The van der Waals surface area contributed by atoms with Crippen molar-refractivity contribution in [2.24, 2.45) is 0 Å². The number of rotatable bonds is 3. The zero-order chi connectivity index (χ0) is 14.0. The minimum atomic E-state index is -3.06. The summed E-state index contributed by atoms with van der Waals surface area (Å²) in [5.41, 5.74) is 1.28. The molecule has 2 rings (SSSR count). The van der Waals surface area contributed by atoms with Crippen molar-refractivity contribution in [3.8, 4) is 0 Å². The lowest BCUT2D eigenvalue weighted by Gasteiger charge is -2.38. The number of hydrogen-bond acceptors (Lipinski definition) is 3. The monoisotopic (exact) mass is 394 g/mol. The van der Waals surface area contributed by atoms with Crippen molar-refractivity contribution in [1.29, 1.82) is 0 Å². The molecule has 1 aliphatic heterocycles. The second-order valence-corrected chi connectivity index (χ2v) is 8.30. The normalized spacial score (nSPS) is 22.6. The minimum absolute atomic E-state index is 0.253. The molecular weight excluding hydrogens is 375 g/mol. The van der Waals surface area contributed by atoms with E-state index >= 15 is 0 Å². The molecule has 1 aliphatic rings. The van der Waals surface area contributed by atoms with Crippen LogP contribution in [0.15, 0.2) is 24.3 Å². The quantitative estimate of drug-likeness (QED) is 0.734. The van der Waals surface area contributed by atoms with E-state index < -0.39 is 10.0 Å². The molecule has 0 saturated carbocycles. The van der Waals surface area contributed by atoms with Crippen LogP contribution >= 0.6 is 22.6 Å². The van der Waals surface area contributed by atoms with Crippen LogP contribution in [0.4, 0.5) is 0 Å². The van der Waals surface area contributed by atoms with Crippen LogP contribution in [0.1, 0.15) is 12.5 Å². The molecule has 1 fully saturated rings. The number of hydrogen-bond donors (Lipinski definition) is 0. The van der Waals surface area contributed by atoms with Crippen LogP contribution in [0.25, 0.3) is 0 Å². The molecule has 0 aliphatic carbocycles.